The van der Waals surface area contributed by atoms with E-state index in [0.717, 1.165) is 10.6 Å². The molecular weight excluding hydrogens is 422 g/mol. The van der Waals surface area contributed by atoms with Gasteiger partial charge in [0.05, 0.1) is 11.7 Å². The molecule has 0 aliphatic carbocycles. The highest BCUT2D eigenvalue weighted by atomic mass is 32.2. The summed E-state index contributed by atoms with van der Waals surface area (Å²) in [6, 6.07) is 14.2. The second-order valence-electron chi connectivity index (χ2n) is 7.09. The molecule has 0 saturated carbocycles. The Bertz CT molecular complexity index is 1010. The van der Waals surface area contributed by atoms with Crippen molar-refractivity contribution in [2.45, 2.75) is 24.7 Å². The summed E-state index contributed by atoms with van der Waals surface area (Å²) in [6.07, 6.45) is 2.68. The first kappa shape index (κ1) is 22.2. The molecule has 1 atom stereocenters. The number of rotatable bonds is 8. The average molecular weight is 448 g/mol. The van der Waals surface area contributed by atoms with Crippen LogP contribution in [0.15, 0.2) is 53.4 Å². The molecule has 1 saturated heterocycles. The van der Waals surface area contributed by atoms with Crippen molar-refractivity contribution in [1.29, 1.82) is 0 Å². The van der Waals surface area contributed by atoms with Gasteiger partial charge >= 0.3 is 0 Å². The number of carbonyl (C=O) groups excluding carboxylic acids is 2. The Labute approximate surface area is 181 Å². The molecule has 1 aliphatic heterocycles. The van der Waals surface area contributed by atoms with E-state index in [-0.39, 0.29) is 24.0 Å². The molecule has 0 bridgehead atoms. The van der Waals surface area contributed by atoms with E-state index >= 15 is 0 Å². The molecule has 7 nitrogen and oxygen atoms in total. The van der Waals surface area contributed by atoms with Crippen molar-refractivity contribution >= 4 is 50.7 Å². The quantitative estimate of drug-likeness (QED) is 0.604. The van der Waals surface area contributed by atoms with Crippen molar-refractivity contribution in [2.24, 2.45) is 5.92 Å². The summed E-state index contributed by atoms with van der Waals surface area (Å²) in [7, 11) is -3.36. The lowest BCUT2D eigenvalue weighted by Crippen LogP contribution is -2.28. The number of nitrogens with one attached hydrogen (secondary N) is 2. The zero-order valence-electron chi connectivity index (χ0n) is 16.9. The van der Waals surface area contributed by atoms with Crippen LogP contribution in [0.25, 0.3) is 0 Å². The third kappa shape index (κ3) is 5.54. The van der Waals surface area contributed by atoms with E-state index in [0.29, 0.717) is 24.3 Å². The maximum Gasteiger partial charge on any atom is 0.232 e. The Morgan fingerprint density at radius 1 is 1.10 bits per heavy atom. The van der Waals surface area contributed by atoms with Gasteiger partial charge in [0.25, 0.3) is 0 Å². The molecule has 2 aromatic carbocycles. The van der Waals surface area contributed by atoms with E-state index in [1.807, 2.05) is 30.5 Å². The largest absolute Gasteiger partial charge is 0.326 e. The number of carbonyl (C=O) groups is 2. The third-order valence-electron chi connectivity index (χ3n) is 4.78. The van der Waals surface area contributed by atoms with Crippen molar-refractivity contribution < 1.29 is 18.0 Å². The number of anilines is 3. The van der Waals surface area contributed by atoms with Crippen LogP contribution in [-0.2, 0) is 19.6 Å². The molecule has 2 aromatic rings. The SMILES string of the molecule is CCCS(=O)(=O)Nc1ccc(NC(=O)C2CC(=O)N(c3ccc(SC)cc3)C2)cc1. The van der Waals surface area contributed by atoms with Crippen LogP contribution in [0, 0.1) is 5.92 Å². The Hall–Kier alpha value is -2.52. The first-order valence-corrected chi connectivity index (χ1v) is 12.5. The molecule has 1 fully saturated rings. The highest BCUT2D eigenvalue weighted by Gasteiger charge is 2.35. The first-order chi connectivity index (χ1) is 14.3. The predicted molar refractivity (Wildman–Crippen MR) is 121 cm³/mol. The minimum absolute atomic E-state index is 0.0533. The fourth-order valence-electron chi connectivity index (χ4n) is 3.26. The lowest BCUT2D eigenvalue weighted by atomic mass is 10.1. The van der Waals surface area contributed by atoms with Crippen LogP contribution < -0.4 is 14.9 Å². The molecule has 2 N–H and O–H groups in total. The second-order valence-corrected chi connectivity index (χ2v) is 9.81. The lowest BCUT2D eigenvalue weighted by molar-refractivity contribution is -0.122. The molecule has 0 spiro atoms. The highest BCUT2D eigenvalue weighted by molar-refractivity contribution is 7.98. The van der Waals surface area contributed by atoms with Gasteiger partial charge in [-0.1, -0.05) is 6.92 Å². The van der Waals surface area contributed by atoms with Gasteiger partial charge in [-0.2, -0.15) is 0 Å². The van der Waals surface area contributed by atoms with Gasteiger partial charge in [0.15, 0.2) is 0 Å². The van der Waals surface area contributed by atoms with Gasteiger partial charge in [-0.25, -0.2) is 8.42 Å². The summed E-state index contributed by atoms with van der Waals surface area (Å²) in [5.74, 6) is -0.698. The van der Waals surface area contributed by atoms with Gasteiger partial charge in [-0.05, 0) is 61.2 Å². The molecule has 1 unspecified atom stereocenters. The maximum atomic E-state index is 12.6. The Kier molecular flexibility index (Phi) is 7.04. The van der Waals surface area contributed by atoms with Crippen LogP contribution in [0.1, 0.15) is 19.8 Å². The van der Waals surface area contributed by atoms with E-state index in [9.17, 15) is 18.0 Å². The van der Waals surface area contributed by atoms with Crippen molar-refractivity contribution in [1.82, 2.24) is 0 Å². The van der Waals surface area contributed by atoms with Crippen molar-refractivity contribution in [3.05, 3.63) is 48.5 Å². The van der Waals surface area contributed by atoms with Gasteiger partial charge in [-0.3, -0.25) is 14.3 Å². The molecule has 160 valence electrons. The minimum Gasteiger partial charge on any atom is -0.326 e. The molecule has 0 aromatic heterocycles. The highest BCUT2D eigenvalue weighted by Crippen LogP contribution is 2.28. The van der Waals surface area contributed by atoms with Gasteiger partial charge in [0.1, 0.15) is 0 Å². The monoisotopic (exact) mass is 447 g/mol. The third-order valence-corrected chi connectivity index (χ3v) is 7.01. The van der Waals surface area contributed by atoms with Crippen molar-refractivity contribution in [2.75, 3.05) is 33.5 Å². The summed E-state index contributed by atoms with van der Waals surface area (Å²) in [6.45, 7) is 2.13. The van der Waals surface area contributed by atoms with E-state index in [4.69, 9.17) is 0 Å². The topological polar surface area (TPSA) is 95.6 Å². The fourth-order valence-corrected chi connectivity index (χ4v) is 4.80. The Morgan fingerprint density at radius 2 is 1.73 bits per heavy atom. The standard InChI is InChI=1S/C21H25N3O4S2/c1-3-12-30(27,28)23-17-6-4-16(5-7-17)22-21(26)15-13-20(25)24(14-15)18-8-10-19(29-2)11-9-18/h4-11,15,23H,3,12-14H2,1-2H3,(H,22,26). The normalized spacial score (nSPS) is 16.5. The molecule has 30 heavy (non-hydrogen) atoms. The van der Waals surface area contributed by atoms with Gasteiger partial charge in [0, 0.05) is 34.9 Å². The molecule has 1 heterocycles. The number of amides is 2. The van der Waals surface area contributed by atoms with Gasteiger partial charge in [-0.15, -0.1) is 11.8 Å². The van der Waals surface area contributed by atoms with Gasteiger partial charge in [0.2, 0.25) is 21.8 Å². The zero-order valence-corrected chi connectivity index (χ0v) is 18.6. The molecule has 1 aliphatic rings. The molecular formula is C21H25N3O4S2. The Morgan fingerprint density at radius 3 is 2.33 bits per heavy atom. The van der Waals surface area contributed by atoms with Crippen LogP contribution in [0.5, 0.6) is 0 Å². The molecule has 2 amide bonds. The lowest BCUT2D eigenvalue weighted by Gasteiger charge is -2.17. The number of hydrogen-bond donors (Lipinski definition) is 2. The summed E-state index contributed by atoms with van der Waals surface area (Å²) in [5, 5.41) is 2.81. The molecule has 0 radical (unpaired) electrons. The summed E-state index contributed by atoms with van der Waals surface area (Å²) >= 11 is 1.63. The molecule has 3 rings (SSSR count). The van der Waals surface area contributed by atoms with Crippen molar-refractivity contribution in [3.8, 4) is 0 Å². The maximum absolute atomic E-state index is 12.6. The summed E-state index contributed by atoms with van der Waals surface area (Å²) in [4.78, 5) is 27.8. The van der Waals surface area contributed by atoms with Crippen LogP contribution in [-0.4, -0.2) is 38.8 Å². The number of benzene rings is 2. The first-order valence-electron chi connectivity index (χ1n) is 9.67. The summed E-state index contributed by atoms with van der Waals surface area (Å²) in [5.41, 5.74) is 1.78. The van der Waals surface area contributed by atoms with E-state index in [1.165, 1.54) is 0 Å². The molecule has 9 heteroatoms. The van der Waals surface area contributed by atoms with E-state index in [1.54, 1.807) is 47.9 Å². The van der Waals surface area contributed by atoms with E-state index < -0.39 is 15.9 Å². The number of nitrogens with zero attached hydrogens (tertiary/aromatic N) is 1. The second kappa shape index (κ2) is 9.53. The van der Waals surface area contributed by atoms with Crippen molar-refractivity contribution in [3.63, 3.8) is 0 Å². The minimum atomic E-state index is -3.36. The zero-order chi connectivity index (χ0) is 21.7. The number of thioether (sulfide) groups is 1. The predicted octanol–water partition coefficient (Wildman–Crippen LogP) is 3.55. The number of sulfonamides is 1. The fraction of sp³-hybridized carbons (Fsp3) is 0.333. The van der Waals surface area contributed by atoms with Gasteiger partial charge < -0.3 is 10.2 Å². The summed E-state index contributed by atoms with van der Waals surface area (Å²) < 4.78 is 26.2. The van der Waals surface area contributed by atoms with Crippen LogP contribution in [0.3, 0.4) is 0 Å². The number of hydrogen-bond acceptors (Lipinski definition) is 5. The average Bonchev–Trinajstić information content (AvgIpc) is 3.11. The smallest absolute Gasteiger partial charge is 0.232 e. The van der Waals surface area contributed by atoms with Crippen LogP contribution in [0.4, 0.5) is 17.1 Å². The Balaban J connectivity index is 1.60. The van der Waals surface area contributed by atoms with Crippen LogP contribution >= 0.6 is 11.8 Å². The van der Waals surface area contributed by atoms with Crippen LogP contribution in [0.2, 0.25) is 0 Å². The van der Waals surface area contributed by atoms with E-state index in [2.05, 4.69) is 10.0 Å².